The van der Waals surface area contributed by atoms with Crippen molar-refractivity contribution < 1.29 is 36.4 Å². The second-order valence-corrected chi connectivity index (χ2v) is 9.95. The van der Waals surface area contributed by atoms with Crippen LogP contribution in [0.15, 0.2) is 35.7 Å². The van der Waals surface area contributed by atoms with Crippen molar-refractivity contribution in [3.8, 4) is 0 Å². The van der Waals surface area contributed by atoms with Gasteiger partial charge in [-0.05, 0) is 31.1 Å². The number of alkyl halides is 4. The van der Waals surface area contributed by atoms with Crippen LogP contribution in [0.4, 0.5) is 22.0 Å². The molecule has 0 aliphatic carbocycles. The molecule has 2 aromatic heterocycles. The number of nitrogens with one attached hydrogen (secondary N) is 1. The molecule has 3 aromatic rings. The van der Waals surface area contributed by atoms with Gasteiger partial charge in [0.15, 0.2) is 6.29 Å². The highest BCUT2D eigenvalue weighted by molar-refractivity contribution is 7.09. The van der Waals surface area contributed by atoms with Crippen LogP contribution >= 0.6 is 11.3 Å². The number of aldehydes is 1. The predicted octanol–water partition coefficient (Wildman–Crippen LogP) is 5.19. The van der Waals surface area contributed by atoms with Gasteiger partial charge in [-0.25, -0.2) is 26.9 Å². The summed E-state index contributed by atoms with van der Waals surface area (Å²) in [6.45, 7) is 0.145. The molecule has 1 unspecified atom stereocenters. The minimum absolute atomic E-state index is 0.0477. The van der Waals surface area contributed by atoms with Gasteiger partial charge in [0, 0.05) is 35.5 Å². The fraction of sp³-hybridized carbons (Fsp3) is 0.360. The largest absolute Gasteiger partial charge is 0.341 e. The van der Waals surface area contributed by atoms with Crippen LogP contribution in [-0.2, 0) is 16.2 Å². The lowest BCUT2D eigenvalue weighted by molar-refractivity contribution is -0.133. The number of carbonyl (C=O) groups is 2. The van der Waals surface area contributed by atoms with Crippen LogP contribution < -0.4 is 5.48 Å². The second-order valence-electron chi connectivity index (χ2n) is 9.06. The summed E-state index contributed by atoms with van der Waals surface area (Å²) in [4.78, 5) is 35.7. The van der Waals surface area contributed by atoms with E-state index in [1.807, 2.05) is 5.38 Å². The van der Waals surface area contributed by atoms with Crippen molar-refractivity contribution in [3.63, 3.8) is 0 Å². The van der Waals surface area contributed by atoms with Crippen LogP contribution in [0.1, 0.15) is 75.7 Å². The number of hydrogen-bond acceptors (Lipinski definition) is 7. The second kappa shape index (κ2) is 11.2. The molecule has 0 bridgehead atoms. The van der Waals surface area contributed by atoms with Gasteiger partial charge < -0.3 is 4.90 Å². The highest BCUT2D eigenvalue weighted by Gasteiger charge is 2.30. The Balaban J connectivity index is 1.21. The number of amides is 1. The molecule has 1 fully saturated rings. The molecule has 2 aliphatic rings. The highest BCUT2D eigenvalue weighted by Crippen LogP contribution is 2.35. The third kappa shape index (κ3) is 5.57. The summed E-state index contributed by atoms with van der Waals surface area (Å²) < 4.78 is 67.3. The number of piperidine rings is 1. The van der Waals surface area contributed by atoms with Gasteiger partial charge in [-0.1, -0.05) is 12.1 Å². The van der Waals surface area contributed by atoms with E-state index in [1.54, 1.807) is 6.08 Å². The highest BCUT2D eigenvalue weighted by atomic mass is 32.1. The van der Waals surface area contributed by atoms with E-state index in [-0.39, 0.29) is 17.0 Å². The van der Waals surface area contributed by atoms with Crippen molar-refractivity contribution >= 4 is 29.2 Å². The van der Waals surface area contributed by atoms with E-state index in [2.05, 4.69) is 15.6 Å². The van der Waals surface area contributed by atoms with E-state index < -0.39 is 48.6 Å². The lowest BCUT2D eigenvalue weighted by Crippen LogP contribution is -2.40. The van der Waals surface area contributed by atoms with Gasteiger partial charge in [-0.3, -0.25) is 24.6 Å². The van der Waals surface area contributed by atoms with Crippen molar-refractivity contribution in [1.29, 1.82) is 0 Å². The van der Waals surface area contributed by atoms with Crippen molar-refractivity contribution in [2.24, 2.45) is 0 Å². The first-order valence-corrected chi connectivity index (χ1v) is 12.9. The number of benzene rings is 1. The Bertz CT molecular complexity index is 1400. The van der Waals surface area contributed by atoms with E-state index in [9.17, 15) is 31.5 Å². The molecular weight excluding hydrogens is 545 g/mol. The Hall–Kier alpha value is -3.65. The maximum absolute atomic E-state index is 14.4. The zero-order chi connectivity index (χ0) is 27.7. The monoisotopic (exact) mass is 567 g/mol. The molecule has 4 heterocycles. The average Bonchev–Trinajstić information content (AvgIpc) is 3.68. The zero-order valence-electron chi connectivity index (χ0n) is 20.2. The summed E-state index contributed by atoms with van der Waals surface area (Å²) >= 11 is 1.42. The first kappa shape index (κ1) is 26.9. The minimum Gasteiger partial charge on any atom is -0.341 e. The Morgan fingerprint density at radius 3 is 2.67 bits per heavy atom. The van der Waals surface area contributed by atoms with Gasteiger partial charge in [0.1, 0.15) is 29.9 Å². The first-order valence-electron chi connectivity index (χ1n) is 12.0. The number of rotatable bonds is 8. The van der Waals surface area contributed by atoms with Crippen LogP contribution in [0, 0.1) is 5.82 Å². The molecule has 0 spiro atoms. The molecule has 0 saturated carbocycles. The smallest absolute Gasteiger partial charge is 0.282 e. The molecule has 1 aromatic carbocycles. The molecule has 1 saturated heterocycles. The van der Waals surface area contributed by atoms with Crippen LogP contribution in [0.25, 0.3) is 5.70 Å². The van der Waals surface area contributed by atoms with Crippen LogP contribution in [0.5, 0.6) is 0 Å². The summed E-state index contributed by atoms with van der Waals surface area (Å²) in [7, 11) is 0. The van der Waals surface area contributed by atoms with E-state index in [0.29, 0.717) is 54.4 Å². The number of likely N-dealkylation sites (tertiary alicyclic amines) is 1. The van der Waals surface area contributed by atoms with Gasteiger partial charge in [-0.15, -0.1) is 11.3 Å². The Morgan fingerprint density at radius 2 is 1.97 bits per heavy atom. The van der Waals surface area contributed by atoms with Crippen molar-refractivity contribution in [2.45, 2.75) is 44.3 Å². The number of aromatic nitrogens is 3. The number of thiazole rings is 1. The Labute approximate surface area is 223 Å². The topological polar surface area (TPSA) is 89.4 Å². The summed E-state index contributed by atoms with van der Waals surface area (Å²) in [5.74, 6) is -0.992. The van der Waals surface area contributed by atoms with E-state index in [4.69, 9.17) is 4.84 Å². The maximum Gasteiger partial charge on any atom is 0.282 e. The molecule has 8 nitrogen and oxygen atoms in total. The molecule has 14 heteroatoms. The molecule has 1 N–H and O–H groups in total. The number of carbonyl (C=O) groups excluding carboxylic acids is 2. The zero-order valence-corrected chi connectivity index (χ0v) is 21.0. The molecule has 1 atom stereocenters. The van der Waals surface area contributed by atoms with Crippen molar-refractivity contribution in [1.82, 2.24) is 25.1 Å². The summed E-state index contributed by atoms with van der Waals surface area (Å²) in [6, 6.07) is 4.83. The molecule has 5 rings (SSSR count). The predicted molar refractivity (Wildman–Crippen MR) is 130 cm³/mol. The van der Waals surface area contributed by atoms with Gasteiger partial charge in [-0.2, -0.15) is 5.10 Å². The lowest BCUT2D eigenvalue weighted by atomic mass is 9.97. The Kier molecular flexibility index (Phi) is 7.75. The first-order chi connectivity index (χ1) is 18.7. The molecule has 39 heavy (non-hydrogen) atoms. The quantitative estimate of drug-likeness (QED) is 0.298. The SMILES string of the molecule is O=Cc1cccc(F)c1C1C=C(c2csc(C3CCN(C(=O)Cn4nc(C(F)F)cc4C(F)F)CC3)n2)NO1. The average molecular weight is 568 g/mol. The molecule has 0 radical (unpaired) electrons. The number of nitrogens with zero attached hydrogens (tertiary/aromatic N) is 4. The fourth-order valence-electron chi connectivity index (χ4n) is 4.65. The summed E-state index contributed by atoms with van der Waals surface area (Å²) in [5.41, 5.74) is 2.67. The molecule has 2 aliphatic heterocycles. The van der Waals surface area contributed by atoms with Gasteiger partial charge >= 0.3 is 0 Å². The van der Waals surface area contributed by atoms with Gasteiger partial charge in [0.2, 0.25) is 5.91 Å². The summed E-state index contributed by atoms with van der Waals surface area (Å²) in [5, 5.41) is 6.13. The van der Waals surface area contributed by atoms with Crippen molar-refractivity contribution in [3.05, 3.63) is 74.8 Å². The van der Waals surface area contributed by atoms with E-state index in [1.165, 1.54) is 34.4 Å². The number of hydrogen-bond donors (Lipinski definition) is 1. The lowest BCUT2D eigenvalue weighted by Gasteiger charge is -2.31. The normalized spacial score (nSPS) is 18.1. The molecular formula is C25H22F5N5O3S. The van der Waals surface area contributed by atoms with Crippen LogP contribution in [0.2, 0.25) is 0 Å². The number of hydroxylamine groups is 1. The van der Waals surface area contributed by atoms with Crippen LogP contribution in [0.3, 0.4) is 0 Å². The standard InChI is InChI=1S/C25H22F5N5O3S/c26-15-3-1-2-14(11-36)22(15)20-9-16(33-38-20)18-12-39-25(31-18)13-4-6-34(7-5-13)21(37)10-35-19(24(29)30)8-17(32-35)23(27)28/h1-3,8-9,11-13,20,23-24,33H,4-7,10H2. The summed E-state index contributed by atoms with van der Waals surface area (Å²) in [6.07, 6.45) is -3.49. The fourth-order valence-corrected chi connectivity index (χ4v) is 5.64. The third-order valence-electron chi connectivity index (χ3n) is 6.67. The van der Waals surface area contributed by atoms with E-state index >= 15 is 0 Å². The van der Waals surface area contributed by atoms with Crippen molar-refractivity contribution in [2.75, 3.05) is 13.1 Å². The Morgan fingerprint density at radius 1 is 1.21 bits per heavy atom. The van der Waals surface area contributed by atoms with Gasteiger partial charge in [0.25, 0.3) is 12.9 Å². The minimum atomic E-state index is -3.04. The van der Waals surface area contributed by atoms with E-state index in [0.717, 1.165) is 5.01 Å². The maximum atomic E-state index is 14.4. The third-order valence-corrected chi connectivity index (χ3v) is 7.68. The van der Waals surface area contributed by atoms with Gasteiger partial charge in [0.05, 0.1) is 16.4 Å². The molecule has 206 valence electrons. The van der Waals surface area contributed by atoms with Crippen LogP contribution in [-0.4, -0.2) is 44.9 Å². The molecule has 1 amide bonds. The number of halogens is 5.